The first-order valence-electron chi connectivity index (χ1n) is 6.09. The van der Waals surface area contributed by atoms with E-state index in [9.17, 15) is 0 Å². The molecule has 1 aliphatic rings. The normalized spacial score (nSPS) is 17.4. The minimum Gasteiger partial charge on any atom is -0.384 e. The molecule has 94 valence electrons. The molecule has 1 aromatic heterocycles. The van der Waals surface area contributed by atoms with Gasteiger partial charge in [-0.25, -0.2) is 4.68 Å². The Kier molecular flexibility index (Phi) is 2.41. The fourth-order valence-corrected chi connectivity index (χ4v) is 2.14. The lowest BCUT2D eigenvalue weighted by Crippen LogP contribution is -2.44. The van der Waals surface area contributed by atoms with Crippen molar-refractivity contribution in [1.82, 2.24) is 9.78 Å². The predicted molar refractivity (Wildman–Crippen MR) is 70.9 cm³/mol. The van der Waals surface area contributed by atoms with E-state index >= 15 is 0 Å². The zero-order valence-electron chi connectivity index (χ0n) is 10.7. The molecule has 4 nitrogen and oxygen atoms in total. The van der Waals surface area contributed by atoms with Gasteiger partial charge in [0.05, 0.1) is 30.0 Å². The van der Waals surface area contributed by atoms with Gasteiger partial charge in [0.25, 0.3) is 0 Å². The number of hydrogen-bond acceptors (Lipinski definition) is 3. The third-order valence-corrected chi connectivity index (χ3v) is 3.48. The number of hydrogen-bond donors (Lipinski definition) is 1. The highest BCUT2D eigenvalue weighted by molar-refractivity contribution is 5.45. The maximum Gasteiger partial charge on any atom is 0.127 e. The molecule has 2 aromatic rings. The number of nitrogens with zero attached hydrogens (tertiary/aromatic N) is 2. The van der Waals surface area contributed by atoms with Crippen molar-refractivity contribution in [3.63, 3.8) is 0 Å². The van der Waals surface area contributed by atoms with E-state index in [4.69, 9.17) is 10.5 Å². The lowest BCUT2D eigenvalue weighted by atomic mass is 9.85. The van der Waals surface area contributed by atoms with Crippen molar-refractivity contribution in [2.75, 3.05) is 18.9 Å². The summed E-state index contributed by atoms with van der Waals surface area (Å²) in [6.07, 6.45) is 0. The summed E-state index contributed by atoms with van der Waals surface area (Å²) >= 11 is 0. The van der Waals surface area contributed by atoms with Gasteiger partial charge in [0.1, 0.15) is 5.82 Å². The van der Waals surface area contributed by atoms with Gasteiger partial charge in [0, 0.05) is 6.07 Å². The largest absolute Gasteiger partial charge is 0.384 e. The number of rotatable bonds is 2. The zero-order valence-corrected chi connectivity index (χ0v) is 10.7. The number of anilines is 1. The quantitative estimate of drug-likeness (QED) is 0.878. The van der Waals surface area contributed by atoms with Crippen LogP contribution in [0.4, 0.5) is 5.82 Å². The zero-order chi connectivity index (χ0) is 12.8. The summed E-state index contributed by atoms with van der Waals surface area (Å²) in [5.74, 6) is 0.668. The van der Waals surface area contributed by atoms with E-state index in [0.717, 1.165) is 24.6 Å². The highest BCUT2D eigenvalue weighted by Gasteiger charge is 2.38. The average molecular weight is 243 g/mol. The molecule has 1 saturated heterocycles. The second-order valence-electron chi connectivity index (χ2n) is 5.26. The van der Waals surface area contributed by atoms with Gasteiger partial charge in [0.2, 0.25) is 0 Å². The van der Waals surface area contributed by atoms with Crippen molar-refractivity contribution >= 4 is 5.82 Å². The van der Waals surface area contributed by atoms with Crippen LogP contribution in [0, 0.1) is 6.92 Å². The lowest BCUT2D eigenvalue weighted by molar-refractivity contribution is -0.0522. The van der Waals surface area contributed by atoms with Crippen LogP contribution >= 0.6 is 0 Å². The summed E-state index contributed by atoms with van der Waals surface area (Å²) in [7, 11) is 0. The monoisotopic (exact) mass is 243 g/mol. The first kappa shape index (κ1) is 11.3. The highest BCUT2D eigenvalue weighted by atomic mass is 16.5. The molecule has 3 rings (SSSR count). The summed E-state index contributed by atoms with van der Waals surface area (Å²) in [5, 5.41) is 4.62. The molecule has 2 heterocycles. The molecule has 0 aliphatic carbocycles. The van der Waals surface area contributed by atoms with Gasteiger partial charge < -0.3 is 10.5 Å². The van der Waals surface area contributed by atoms with E-state index in [2.05, 4.69) is 31.1 Å². The van der Waals surface area contributed by atoms with Crippen LogP contribution in [0.25, 0.3) is 5.69 Å². The molecular weight excluding hydrogens is 226 g/mol. The van der Waals surface area contributed by atoms with Crippen LogP contribution in [0.2, 0.25) is 0 Å². The van der Waals surface area contributed by atoms with Gasteiger partial charge >= 0.3 is 0 Å². The average Bonchev–Trinajstić information content (AvgIpc) is 2.70. The van der Waals surface area contributed by atoms with Crippen molar-refractivity contribution in [3.05, 3.63) is 41.6 Å². The van der Waals surface area contributed by atoms with Crippen molar-refractivity contribution in [2.45, 2.75) is 19.3 Å². The van der Waals surface area contributed by atoms with Gasteiger partial charge in [-0.1, -0.05) is 17.7 Å². The Morgan fingerprint density at radius 3 is 2.50 bits per heavy atom. The third kappa shape index (κ3) is 1.69. The SMILES string of the molecule is Cc1ccc(-n2nc(C3(C)COC3)cc2N)cc1. The Hall–Kier alpha value is -1.81. The van der Waals surface area contributed by atoms with Crippen LogP contribution in [0.1, 0.15) is 18.2 Å². The van der Waals surface area contributed by atoms with Crippen molar-refractivity contribution in [3.8, 4) is 5.69 Å². The van der Waals surface area contributed by atoms with Gasteiger partial charge in [-0.3, -0.25) is 0 Å². The molecule has 1 fully saturated rings. The predicted octanol–water partition coefficient (Wildman–Crippen LogP) is 2.05. The standard InChI is InChI=1S/C14H17N3O/c1-10-3-5-11(6-4-10)17-13(15)7-12(16-17)14(2)8-18-9-14/h3-7H,8-9,15H2,1-2H3. The summed E-state index contributed by atoms with van der Waals surface area (Å²) in [4.78, 5) is 0. The van der Waals surface area contributed by atoms with Crippen LogP contribution in [0.5, 0.6) is 0 Å². The van der Waals surface area contributed by atoms with Crippen LogP contribution < -0.4 is 5.73 Å². The van der Waals surface area contributed by atoms with E-state index in [1.54, 1.807) is 4.68 Å². The van der Waals surface area contributed by atoms with Gasteiger partial charge in [-0.2, -0.15) is 5.10 Å². The summed E-state index contributed by atoms with van der Waals surface area (Å²) < 4.78 is 7.06. The van der Waals surface area contributed by atoms with Gasteiger partial charge in [-0.15, -0.1) is 0 Å². The highest BCUT2D eigenvalue weighted by Crippen LogP contribution is 2.32. The molecule has 1 aliphatic heterocycles. The first-order valence-corrected chi connectivity index (χ1v) is 6.09. The third-order valence-electron chi connectivity index (χ3n) is 3.48. The molecule has 0 unspecified atom stereocenters. The molecule has 0 saturated carbocycles. The second-order valence-corrected chi connectivity index (χ2v) is 5.26. The number of nitrogens with two attached hydrogens (primary N) is 1. The van der Waals surface area contributed by atoms with Crippen molar-refractivity contribution in [2.24, 2.45) is 0 Å². The molecule has 0 spiro atoms. The molecule has 2 N–H and O–H groups in total. The van der Waals surface area contributed by atoms with Crippen LogP contribution in [0.3, 0.4) is 0 Å². The minimum atomic E-state index is 0.0179. The number of aryl methyl sites for hydroxylation is 1. The van der Waals surface area contributed by atoms with Gasteiger partial charge in [0.15, 0.2) is 0 Å². The van der Waals surface area contributed by atoms with Crippen LogP contribution in [-0.2, 0) is 10.2 Å². The lowest BCUT2D eigenvalue weighted by Gasteiger charge is -2.36. The summed E-state index contributed by atoms with van der Waals surface area (Å²) in [6, 6.07) is 10.1. The Morgan fingerprint density at radius 1 is 1.28 bits per heavy atom. The molecule has 0 radical (unpaired) electrons. The van der Waals surface area contributed by atoms with Crippen molar-refractivity contribution in [1.29, 1.82) is 0 Å². The number of nitrogen functional groups attached to an aromatic ring is 1. The molecule has 18 heavy (non-hydrogen) atoms. The number of aromatic nitrogens is 2. The van der Waals surface area contributed by atoms with E-state index in [1.165, 1.54) is 5.56 Å². The van der Waals surface area contributed by atoms with E-state index in [-0.39, 0.29) is 5.41 Å². The molecule has 0 amide bonds. The summed E-state index contributed by atoms with van der Waals surface area (Å²) in [5.41, 5.74) is 9.29. The molecule has 0 atom stereocenters. The van der Waals surface area contributed by atoms with Crippen LogP contribution in [-0.4, -0.2) is 23.0 Å². The Balaban J connectivity index is 2.00. The first-order chi connectivity index (χ1) is 8.58. The fraction of sp³-hybridized carbons (Fsp3) is 0.357. The smallest absolute Gasteiger partial charge is 0.127 e. The second kappa shape index (κ2) is 3.85. The minimum absolute atomic E-state index is 0.0179. The van der Waals surface area contributed by atoms with E-state index < -0.39 is 0 Å². The maximum absolute atomic E-state index is 6.05. The maximum atomic E-state index is 6.05. The molecule has 4 heteroatoms. The van der Waals surface area contributed by atoms with Crippen LogP contribution in [0.15, 0.2) is 30.3 Å². The van der Waals surface area contributed by atoms with Gasteiger partial charge in [-0.05, 0) is 26.0 Å². The molecule has 0 bridgehead atoms. The Morgan fingerprint density at radius 2 is 1.94 bits per heavy atom. The van der Waals surface area contributed by atoms with E-state index in [0.29, 0.717) is 5.82 Å². The van der Waals surface area contributed by atoms with Crippen molar-refractivity contribution < 1.29 is 4.74 Å². The van der Waals surface area contributed by atoms with E-state index in [1.807, 2.05) is 18.2 Å². The number of ether oxygens (including phenoxy) is 1. The fourth-order valence-electron chi connectivity index (χ4n) is 2.14. The summed E-state index contributed by atoms with van der Waals surface area (Å²) in [6.45, 7) is 5.65. The Bertz CT molecular complexity index is 567. The Labute approximate surface area is 106 Å². The molecule has 1 aromatic carbocycles. The molecular formula is C14H17N3O. The topological polar surface area (TPSA) is 53.1 Å². The number of benzene rings is 1.